The van der Waals surface area contributed by atoms with Gasteiger partial charge < -0.3 is 10.1 Å². The number of nitrogens with zero attached hydrogens (tertiary/aromatic N) is 1. The van der Waals surface area contributed by atoms with Gasteiger partial charge in [0.25, 0.3) is 5.91 Å². The highest BCUT2D eigenvalue weighted by Crippen LogP contribution is 2.07. The van der Waals surface area contributed by atoms with Crippen LogP contribution in [0.25, 0.3) is 0 Å². The summed E-state index contributed by atoms with van der Waals surface area (Å²) in [5, 5.41) is 11.3. The van der Waals surface area contributed by atoms with Crippen molar-refractivity contribution in [2.75, 3.05) is 13.2 Å². The highest BCUT2D eigenvalue weighted by molar-refractivity contribution is 5.94. The average Bonchev–Trinajstić information content (AvgIpc) is 3.10. The molecule has 1 fully saturated rings. The first-order valence-electron chi connectivity index (χ1n) is 4.69. The molecule has 0 spiro atoms. The van der Waals surface area contributed by atoms with Crippen LogP contribution >= 0.6 is 0 Å². The van der Waals surface area contributed by atoms with Gasteiger partial charge in [0.1, 0.15) is 0 Å². The van der Waals surface area contributed by atoms with E-state index in [2.05, 4.69) is 5.32 Å². The fourth-order valence-electron chi connectivity index (χ4n) is 1.19. The molecule has 1 atom stereocenters. The van der Waals surface area contributed by atoms with Crippen molar-refractivity contribution in [1.29, 1.82) is 5.26 Å². The first kappa shape index (κ1) is 9.69. The number of carbonyl (C=O) groups excluding carboxylic acids is 1. The predicted molar refractivity (Wildman–Crippen MR) is 53.2 cm³/mol. The standard InChI is InChI=1S/C11H10N2O2/c12-5-8-1-3-9(4-2-8)11(14)13-6-10-7-15-10/h1-4,10H,6-7H2,(H,13,14)/t10-/m1/s1. The van der Waals surface area contributed by atoms with Crippen LogP contribution in [-0.2, 0) is 4.74 Å². The van der Waals surface area contributed by atoms with Gasteiger partial charge >= 0.3 is 0 Å². The number of hydrogen-bond acceptors (Lipinski definition) is 3. The van der Waals surface area contributed by atoms with Crippen molar-refractivity contribution >= 4 is 5.91 Å². The minimum absolute atomic E-state index is 0.130. The van der Waals surface area contributed by atoms with Crippen molar-refractivity contribution in [3.8, 4) is 6.07 Å². The summed E-state index contributed by atoms with van der Waals surface area (Å²) >= 11 is 0. The lowest BCUT2D eigenvalue weighted by Gasteiger charge is -2.02. The van der Waals surface area contributed by atoms with E-state index >= 15 is 0 Å². The summed E-state index contributed by atoms with van der Waals surface area (Å²) in [4.78, 5) is 11.5. The number of epoxide rings is 1. The van der Waals surface area contributed by atoms with E-state index in [0.29, 0.717) is 17.7 Å². The second-order valence-corrected chi connectivity index (χ2v) is 3.35. The number of ether oxygens (including phenoxy) is 1. The quantitative estimate of drug-likeness (QED) is 0.733. The number of benzene rings is 1. The van der Waals surface area contributed by atoms with E-state index in [0.717, 1.165) is 6.61 Å². The Balaban J connectivity index is 1.95. The van der Waals surface area contributed by atoms with Crippen molar-refractivity contribution in [1.82, 2.24) is 5.32 Å². The van der Waals surface area contributed by atoms with Crippen LogP contribution in [-0.4, -0.2) is 25.2 Å². The van der Waals surface area contributed by atoms with Gasteiger partial charge in [-0.05, 0) is 24.3 Å². The summed E-state index contributed by atoms with van der Waals surface area (Å²) in [5.74, 6) is -0.130. The highest BCUT2D eigenvalue weighted by atomic mass is 16.6. The number of nitrogens with one attached hydrogen (secondary N) is 1. The van der Waals surface area contributed by atoms with Gasteiger partial charge in [-0.3, -0.25) is 4.79 Å². The summed E-state index contributed by atoms with van der Waals surface area (Å²) in [6.45, 7) is 1.28. The minimum atomic E-state index is -0.130. The monoisotopic (exact) mass is 202 g/mol. The molecule has 0 bridgehead atoms. The molecule has 1 aliphatic rings. The maximum absolute atomic E-state index is 11.5. The fourth-order valence-corrected chi connectivity index (χ4v) is 1.19. The van der Waals surface area contributed by atoms with E-state index in [1.165, 1.54) is 0 Å². The van der Waals surface area contributed by atoms with E-state index in [9.17, 15) is 4.79 Å². The normalized spacial score (nSPS) is 17.9. The molecule has 0 radical (unpaired) electrons. The Labute approximate surface area is 87.5 Å². The molecule has 1 N–H and O–H groups in total. The summed E-state index contributed by atoms with van der Waals surface area (Å²) in [7, 11) is 0. The topological polar surface area (TPSA) is 65.4 Å². The Hall–Kier alpha value is -1.86. The third kappa shape index (κ3) is 2.55. The summed E-state index contributed by atoms with van der Waals surface area (Å²) < 4.78 is 4.97. The Morgan fingerprint density at radius 2 is 2.20 bits per heavy atom. The van der Waals surface area contributed by atoms with Crippen molar-refractivity contribution in [3.05, 3.63) is 35.4 Å². The second kappa shape index (κ2) is 4.11. The lowest BCUT2D eigenvalue weighted by Crippen LogP contribution is -2.27. The maximum Gasteiger partial charge on any atom is 0.251 e. The van der Waals surface area contributed by atoms with Gasteiger partial charge in [0.05, 0.1) is 24.3 Å². The summed E-state index contributed by atoms with van der Waals surface area (Å²) in [6, 6.07) is 8.54. The first-order chi connectivity index (χ1) is 7.29. The van der Waals surface area contributed by atoms with Crippen LogP contribution in [0.4, 0.5) is 0 Å². The zero-order valence-corrected chi connectivity index (χ0v) is 8.06. The molecular formula is C11H10N2O2. The number of amides is 1. The van der Waals surface area contributed by atoms with Gasteiger partial charge in [-0.25, -0.2) is 0 Å². The van der Waals surface area contributed by atoms with E-state index in [-0.39, 0.29) is 12.0 Å². The van der Waals surface area contributed by atoms with E-state index in [1.807, 2.05) is 6.07 Å². The van der Waals surface area contributed by atoms with Gasteiger partial charge in [-0.1, -0.05) is 0 Å². The van der Waals surface area contributed by atoms with Crippen molar-refractivity contribution in [2.45, 2.75) is 6.10 Å². The van der Waals surface area contributed by atoms with Crippen LogP contribution in [0, 0.1) is 11.3 Å². The first-order valence-corrected chi connectivity index (χ1v) is 4.69. The third-order valence-electron chi connectivity index (χ3n) is 2.17. The Bertz CT molecular complexity index is 402. The third-order valence-corrected chi connectivity index (χ3v) is 2.17. The molecule has 1 amide bonds. The molecule has 4 heteroatoms. The van der Waals surface area contributed by atoms with Crippen LogP contribution in [0.5, 0.6) is 0 Å². The molecular weight excluding hydrogens is 192 g/mol. The second-order valence-electron chi connectivity index (χ2n) is 3.35. The lowest BCUT2D eigenvalue weighted by atomic mass is 10.1. The van der Waals surface area contributed by atoms with Gasteiger partial charge in [0.2, 0.25) is 0 Å². The molecule has 1 aromatic rings. The van der Waals surface area contributed by atoms with Crippen molar-refractivity contribution in [3.63, 3.8) is 0 Å². The molecule has 4 nitrogen and oxygen atoms in total. The number of nitriles is 1. The average molecular weight is 202 g/mol. The predicted octanol–water partition coefficient (Wildman–Crippen LogP) is 0.687. The number of carbonyl (C=O) groups is 1. The van der Waals surface area contributed by atoms with Crippen molar-refractivity contribution in [2.24, 2.45) is 0 Å². The molecule has 0 aromatic heterocycles. The molecule has 0 unspecified atom stereocenters. The zero-order chi connectivity index (χ0) is 10.7. The van der Waals surface area contributed by atoms with E-state index in [4.69, 9.17) is 10.00 Å². The SMILES string of the molecule is N#Cc1ccc(C(=O)NC[C@@H]2CO2)cc1. The lowest BCUT2D eigenvalue weighted by molar-refractivity contribution is 0.0950. The summed E-state index contributed by atoms with van der Waals surface area (Å²) in [5.41, 5.74) is 1.12. The molecule has 15 heavy (non-hydrogen) atoms. The number of rotatable bonds is 3. The Morgan fingerprint density at radius 3 is 2.73 bits per heavy atom. The highest BCUT2D eigenvalue weighted by Gasteiger charge is 2.22. The maximum atomic E-state index is 11.5. The largest absolute Gasteiger partial charge is 0.371 e. The van der Waals surface area contributed by atoms with Gasteiger partial charge in [-0.2, -0.15) is 5.26 Å². The zero-order valence-electron chi connectivity index (χ0n) is 8.06. The van der Waals surface area contributed by atoms with Crippen LogP contribution in [0.3, 0.4) is 0 Å². The van der Waals surface area contributed by atoms with Gasteiger partial charge in [0, 0.05) is 12.1 Å². The summed E-state index contributed by atoms with van der Waals surface area (Å²) in [6.07, 6.45) is 0.187. The van der Waals surface area contributed by atoms with Crippen LogP contribution in [0.2, 0.25) is 0 Å². The molecule has 0 saturated carbocycles. The fraction of sp³-hybridized carbons (Fsp3) is 0.273. The Kier molecular flexibility index (Phi) is 2.66. The van der Waals surface area contributed by atoms with E-state index in [1.54, 1.807) is 24.3 Å². The molecule has 76 valence electrons. The van der Waals surface area contributed by atoms with Crippen LogP contribution in [0.15, 0.2) is 24.3 Å². The minimum Gasteiger partial charge on any atom is -0.371 e. The smallest absolute Gasteiger partial charge is 0.251 e. The molecule has 1 saturated heterocycles. The molecule has 1 aromatic carbocycles. The van der Waals surface area contributed by atoms with Crippen LogP contribution < -0.4 is 5.32 Å². The van der Waals surface area contributed by atoms with Crippen LogP contribution in [0.1, 0.15) is 15.9 Å². The number of hydrogen-bond donors (Lipinski definition) is 1. The molecule has 0 aliphatic carbocycles. The molecule has 1 aliphatic heterocycles. The van der Waals surface area contributed by atoms with Gasteiger partial charge in [-0.15, -0.1) is 0 Å². The van der Waals surface area contributed by atoms with Gasteiger partial charge in [0.15, 0.2) is 0 Å². The molecule has 2 rings (SSSR count). The van der Waals surface area contributed by atoms with Crippen molar-refractivity contribution < 1.29 is 9.53 Å². The van der Waals surface area contributed by atoms with E-state index < -0.39 is 0 Å². The Morgan fingerprint density at radius 1 is 1.53 bits per heavy atom. The molecule has 1 heterocycles.